The molecule has 1 aromatic carbocycles. The quantitative estimate of drug-likeness (QED) is 0.678. The molecule has 0 unspecified atom stereocenters. The van der Waals surface area contributed by atoms with Gasteiger partial charge in [-0.15, -0.1) is 0 Å². The molecule has 2 amide bonds. The first-order chi connectivity index (χ1) is 12.5. The third-order valence-corrected chi connectivity index (χ3v) is 4.88. The van der Waals surface area contributed by atoms with Crippen LogP contribution in [0, 0.1) is 0 Å². The summed E-state index contributed by atoms with van der Waals surface area (Å²) in [7, 11) is 0. The normalized spacial score (nSPS) is 16.9. The minimum absolute atomic E-state index is 0.0435. The van der Waals surface area contributed by atoms with Crippen LogP contribution in [-0.2, 0) is 9.59 Å². The van der Waals surface area contributed by atoms with E-state index in [-0.39, 0.29) is 17.9 Å². The summed E-state index contributed by atoms with van der Waals surface area (Å²) in [6, 6.07) is 6.92. The Balaban J connectivity index is 1.74. The second-order valence-electron chi connectivity index (χ2n) is 6.69. The van der Waals surface area contributed by atoms with Gasteiger partial charge in [-0.1, -0.05) is 31.0 Å². The Kier molecular flexibility index (Phi) is 8.35. The molecule has 6 nitrogen and oxygen atoms in total. The van der Waals surface area contributed by atoms with Crippen LogP contribution in [0.2, 0.25) is 5.02 Å². The second-order valence-corrected chi connectivity index (χ2v) is 7.13. The van der Waals surface area contributed by atoms with Gasteiger partial charge in [0.25, 0.3) is 0 Å². The van der Waals surface area contributed by atoms with E-state index in [0.29, 0.717) is 17.3 Å². The lowest BCUT2D eigenvalue weighted by Crippen LogP contribution is -2.54. The molecule has 1 heterocycles. The van der Waals surface area contributed by atoms with E-state index in [9.17, 15) is 9.59 Å². The zero-order valence-electron chi connectivity index (χ0n) is 15.6. The van der Waals surface area contributed by atoms with E-state index >= 15 is 0 Å². The van der Waals surface area contributed by atoms with Crippen LogP contribution in [0.4, 0.5) is 5.69 Å². The van der Waals surface area contributed by atoms with Crippen molar-refractivity contribution in [3.63, 3.8) is 0 Å². The first-order valence-corrected chi connectivity index (χ1v) is 9.67. The van der Waals surface area contributed by atoms with Crippen molar-refractivity contribution in [1.29, 1.82) is 0 Å². The average Bonchev–Trinajstić information content (AvgIpc) is 2.62. The van der Waals surface area contributed by atoms with Crippen LogP contribution in [0.3, 0.4) is 0 Å². The molecule has 1 atom stereocenters. The molecule has 1 aliphatic rings. The van der Waals surface area contributed by atoms with Crippen molar-refractivity contribution in [2.24, 2.45) is 0 Å². The standard InChI is InChI=1S/C19H29ClN4O2/c1-3-4-8-21-18(25)14-23-9-11-24(12-10-23)15(2)19(26)22-17-7-5-6-16(20)13-17/h5-7,13,15H,3-4,8-12,14H2,1-2H3,(H,21,25)(H,22,26)/t15-/m1/s1. The van der Waals surface area contributed by atoms with Gasteiger partial charge in [-0.05, 0) is 31.5 Å². The summed E-state index contributed by atoms with van der Waals surface area (Å²) in [4.78, 5) is 28.6. The molecule has 1 fully saturated rings. The number of hydrogen-bond acceptors (Lipinski definition) is 4. The fourth-order valence-corrected chi connectivity index (χ4v) is 3.14. The minimum Gasteiger partial charge on any atom is -0.355 e. The van der Waals surface area contributed by atoms with Crippen LogP contribution in [0.5, 0.6) is 0 Å². The highest BCUT2D eigenvalue weighted by Crippen LogP contribution is 2.16. The van der Waals surface area contributed by atoms with Crippen LogP contribution in [0.1, 0.15) is 26.7 Å². The summed E-state index contributed by atoms with van der Waals surface area (Å²) in [5.74, 6) is 0.0386. The molecular weight excluding hydrogens is 352 g/mol. The molecular formula is C19H29ClN4O2. The maximum absolute atomic E-state index is 12.5. The average molecular weight is 381 g/mol. The van der Waals surface area contributed by atoms with Gasteiger partial charge in [0.15, 0.2) is 0 Å². The number of amides is 2. The monoisotopic (exact) mass is 380 g/mol. The molecule has 0 radical (unpaired) electrons. The Morgan fingerprint density at radius 3 is 2.62 bits per heavy atom. The number of nitrogens with zero attached hydrogens (tertiary/aromatic N) is 2. The summed E-state index contributed by atoms with van der Waals surface area (Å²) in [5, 5.41) is 6.45. The Morgan fingerprint density at radius 2 is 1.96 bits per heavy atom. The fourth-order valence-electron chi connectivity index (χ4n) is 2.95. The number of piperazine rings is 1. The minimum atomic E-state index is -0.227. The fraction of sp³-hybridized carbons (Fsp3) is 0.579. The Morgan fingerprint density at radius 1 is 1.23 bits per heavy atom. The molecule has 1 saturated heterocycles. The molecule has 0 aromatic heterocycles. The molecule has 0 bridgehead atoms. The van der Waals surface area contributed by atoms with Crippen LogP contribution >= 0.6 is 11.6 Å². The number of carbonyl (C=O) groups is 2. The Bertz CT molecular complexity index is 603. The van der Waals surface area contributed by atoms with E-state index in [1.54, 1.807) is 12.1 Å². The lowest BCUT2D eigenvalue weighted by Gasteiger charge is -2.37. The Hall–Kier alpha value is -1.63. The van der Waals surface area contributed by atoms with E-state index in [1.165, 1.54) is 0 Å². The molecule has 0 spiro atoms. The predicted molar refractivity (Wildman–Crippen MR) is 105 cm³/mol. The van der Waals surface area contributed by atoms with Gasteiger partial charge in [0, 0.05) is 43.4 Å². The van der Waals surface area contributed by atoms with E-state index < -0.39 is 0 Å². The number of carbonyl (C=O) groups excluding carboxylic acids is 2. The van der Waals surface area contributed by atoms with E-state index in [2.05, 4.69) is 27.4 Å². The van der Waals surface area contributed by atoms with Crippen molar-refractivity contribution < 1.29 is 9.59 Å². The van der Waals surface area contributed by atoms with Gasteiger partial charge in [0.05, 0.1) is 12.6 Å². The summed E-state index contributed by atoms with van der Waals surface area (Å²) < 4.78 is 0. The molecule has 0 aliphatic carbocycles. The van der Waals surface area contributed by atoms with Gasteiger partial charge < -0.3 is 10.6 Å². The lowest BCUT2D eigenvalue weighted by molar-refractivity contribution is -0.124. The highest BCUT2D eigenvalue weighted by molar-refractivity contribution is 6.30. The molecule has 1 aliphatic heterocycles. The number of benzene rings is 1. The predicted octanol–water partition coefficient (Wildman–Crippen LogP) is 2.20. The first-order valence-electron chi connectivity index (χ1n) is 9.29. The molecule has 1 aromatic rings. The summed E-state index contributed by atoms with van der Waals surface area (Å²) in [5.41, 5.74) is 0.705. The maximum Gasteiger partial charge on any atom is 0.241 e. The van der Waals surface area contributed by atoms with Gasteiger partial charge in [0.2, 0.25) is 11.8 Å². The van der Waals surface area contributed by atoms with Gasteiger partial charge >= 0.3 is 0 Å². The number of halogens is 1. The zero-order valence-corrected chi connectivity index (χ0v) is 16.4. The van der Waals surface area contributed by atoms with Crippen molar-refractivity contribution >= 4 is 29.1 Å². The number of anilines is 1. The topological polar surface area (TPSA) is 64.7 Å². The van der Waals surface area contributed by atoms with E-state index in [4.69, 9.17) is 11.6 Å². The van der Waals surface area contributed by atoms with Crippen molar-refractivity contribution in [3.05, 3.63) is 29.3 Å². The van der Waals surface area contributed by atoms with Crippen molar-refractivity contribution in [2.75, 3.05) is 44.6 Å². The Labute approximate surface area is 160 Å². The molecule has 144 valence electrons. The van der Waals surface area contributed by atoms with Crippen molar-refractivity contribution in [3.8, 4) is 0 Å². The maximum atomic E-state index is 12.5. The smallest absolute Gasteiger partial charge is 0.241 e. The van der Waals surface area contributed by atoms with Crippen LogP contribution in [-0.4, -0.2) is 66.9 Å². The number of rotatable bonds is 8. The first kappa shape index (κ1) is 20.7. The third-order valence-electron chi connectivity index (χ3n) is 4.65. The SMILES string of the molecule is CCCCNC(=O)CN1CCN([C@H](C)C(=O)Nc2cccc(Cl)c2)CC1. The largest absolute Gasteiger partial charge is 0.355 e. The van der Waals surface area contributed by atoms with Gasteiger partial charge in [-0.25, -0.2) is 0 Å². The zero-order chi connectivity index (χ0) is 18.9. The third kappa shape index (κ3) is 6.59. The molecule has 0 saturated carbocycles. The van der Waals surface area contributed by atoms with Gasteiger partial charge in [0.1, 0.15) is 0 Å². The molecule has 2 N–H and O–H groups in total. The molecule has 7 heteroatoms. The summed E-state index contributed by atoms with van der Waals surface area (Å²) in [6.45, 7) is 8.31. The van der Waals surface area contributed by atoms with Gasteiger partial charge in [-0.3, -0.25) is 19.4 Å². The van der Waals surface area contributed by atoms with E-state index in [1.807, 2.05) is 19.1 Å². The number of hydrogen-bond donors (Lipinski definition) is 2. The van der Waals surface area contributed by atoms with Crippen LogP contribution in [0.25, 0.3) is 0 Å². The summed E-state index contributed by atoms with van der Waals surface area (Å²) >= 11 is 5.95. The second kappa shape index (κ2) is 10.5. The van der Waals surface area contributed by atoms with E-state index in [0.717, 1.165) is 45.6 Å². The number of nitrogens with one attached hydrogen (secondary N) is 2. The van der Waals surface area contributed by atoms with Crippen LogP contribution in [0.15, 0.2) is 24.3 Å². The molecule has 2 rings (SSSR count). The highest BCUT2D eigenvalue weighted by atomic mass is 35.5. The van der Waals surface area contributed by atoms with Crippen molar-refractivity contribution in [2.45, 2.75) is 32.7 Å². The lowest BCUT2D eigenvalue weighted by atomic mass is 10.2. The number of unbranched alkanes of at least 4 members (excludes halogenated alkanes) is 1. The summed E-state index contributed by atoms with van der Waals surface area (Å²) in [6.07, 6.45) is 2.09. The van der Waals surface area contributed by atoms with Crippen LogP contribution < -0.4 is 10.6 Å². The molecule has 26 heavy (non-hydrogen) atoms. The highest BCUT2D eigenvalue weighted by Gasteiger charge is 2.26. The van der Waals surface area contributed by atoms with Gasteiger partial charge in [-0.2, -0.15) is 0 Å². The van der Waals surface area contributed by atoms with Crippen molar-refractivity contribution in [1.82, 2.24) is 15.1 Å².